The summed E-state index contributed by atoms with van der Waals surface area (Å²) in [5.74, 6) is 0. The minimum atomic E-state index is 0.121. The van der Waals surface area contributed by atoms with Gasteiger partial charge < -0.3 is 10.5 Å². The van der Waals surface area contributed by atoms with Crippen LogP contribution in [0.3, 0.4) is 0 Å². The fourth-order valence-corrected chi connectivity index (χ4v) is 2.31. The molecule has 0 aromatic heterocycles. The van der Waals surface area contributed by atoms with Crippen LogP contribution in [0.5, 0.6) is 0 Å². The second-order valence-electron chi connectivity index (χ2n) is 4.47. The molecule has 2 rings (SSSR count). The van der Waals surface area contributed by atoms with Crippen molar-refractivity contribution in [2.24, 2.45) is 5.73 Å². The predicted octanol–water partition coefficient (Wildman–Crippen LogP) is 1.02. The first kappa shape index (κ1) is 11.6. The maximum atomic E-state index is 5.97. The Morgan fingerprint density at radius 3 is 2.88 bits per heavy atom. The van der Waals surface area contributed by atoms with Crippen molar-refractivity contribution in [3.8, 4) is 0 Å². The molecule has 3 heteroatoms. The Labute approximate surface area is 97.2 Å². The third-order valence-electron chi connectivity index (χ3n) is 3.08. The van der Waals surface area contributed by atoms with E-state index < -0.39 is 0 Å². The minimum absolute atomic E-state index is 0.121. The van der Waals surface area contributed by atoms with Gasteiger partial charge in [-0.3, -0.25) is 4.90 Å². The highest BCUT2D eigenvalue weighted by Gasteiger charge is 2.17. The van der Waals surface area contributed by atoms with Crippen LogP contribution in [-0.4, -0.2) is 37.7 Å². The van der Waals surface area contributed by atoms with Crippen LogP contribution in [0.2, 0.25) is 0 Å². The monoisotopic (exact) mass is 220 g/mol. The van der Waals surface area contributed by atoms with Crippen molar-refractivity contribution in [2.75, 3.05) is 26.8 Å². The molecular weight excluding hydrogens is 200 g/mol. The maximum absolute atomic E-state index is 5.97. The van der Waals surface area contributed by atoms with Crippen molar-refractivity contribution in [1.82, 2.24) is 4.90 Å². The van der Waals surface area contributed by atoms with Gasteiger partial charge in [0.05, 0.1) is 6.61 Å². The number of hydrogen-bond donors (Lipinski definition) is 1. The van der Waals surface area contributed by atoms with E-state index in [9.17, 15) is 0 Å². The molecule has 16 heavy (non-hydrogen) atoms. The van der Waals surface area contributed by atoms with Gasteiger partial charge in [0.2, 0.25) is 0 Å². The number of nitrogens with two attached hydrogens (primary N) is 1. The highest BCUT2D eigenvalue weighted by atomic mass is 16.5. The fourth-order valence-electron chi connectivity index (χ4n) is 2.31. The molecule has 1 aliphatic heterocycles. The van der Waals surface area contributed by atoms with Crippen molar-refractivity contribution in [2.45, 2.75) is 19.0 Å². The summed E-state index contributed by atoms with van der Waals surface area (Å²) in [4.78, 5) is 2.41. The van der Waals surface area contributed by atoms with E-state index in [1.165, 1.54) is 11.1 Å². The number of methoxy groups -OCH3 is 1. The lowest BCUT2D eigenvalue weighted by Gasteiger charge is -2.30. The van der Waals surface area contributed by atoms with Crippen molar-refractivity contribution in [1.29, 1.82) is 0 Å². The molecule has 2 N–H and O–H groups in total. The van der Waals surface area contributed by atoms with Crippen LogP contribution >= 0.6 is 0 Å². The molecule has 0 fully saturated rings. The molecule has 1 atom stereocenters. The molecule has 1 aromatic carbocycles. The third-order valence-corrected chi connectivity index (χ3v) is 3.08. The first-order valence-corrected chi connectivity index (χ1v) is 5.83. The molecule has 0 radical (unpaired) electrons. The van der Waals surface area contributed by atoms with Crippen LogP contribution in [0, 0.1) is 0 Å². The Balaban J connectivity index is 1.92. The zero-order chi connectivity index (χ0) is 11.4. The van der Waals surface area contributed by atoms with E-state index in [2.05, 4.69) is 29.2 Å². The van der Waals surface area contributed by atoms with E-state index in [1.807, 2.05) is 0 Å². The smallest absolute Gasteiger partial charge is 0.0626 e. The van der Waals surface area contributed by atoms with E-state index in [1.54, 1.807) is 7.11 Å². The van der Waals surface area contributed by atoms with Crippen molar-refractivity contribution in [3.63, 3.8) is 0 Å². The van der Waals surface area contributed by atoms with Crippen LogP contribution in [-0.2, 0) is 17.7 Å². The van der Waals surface area contributed by atoms with E-state index in [0.717, 1.165) is 26.1 Å². The van der Waals surface area contributed by atoms with E-state index in [0.29, 0.717) is 6.61 Å². The maximum Gasteiger partial charge on any atom is 0.0626 e. The zero-order valence-electron chi connectivity index (χ0n) is 9.86. The normalized spacial score (nSPS) is 18.1. The van der Waals surface area contributed by atoms with Gasteiger partial charge >= 0.3 is 0 Å². The lowest BCUT2D eigenvalue weighted by atomic mass is 10.00. The van der Waals surface area contributed by atoms with Crippen LogP contribution < -0.4 is 5.73 Å². The summed E-state index contributed by atoms with van der Waals surface area (Å²) in [5, 5.41) is 0. The molecule has 1 heterocycles. The van der Waals surface area contributed by atoms with Crippen LogP contribution in [0.4, 0.5) is 0 Å². The average Bonchev–Trinajstić information content (AvgIpc) is 2.29. The molecule has 0 aliphatic carbocycles. The standard InChI is InChI=1S/C13H20N2O/c1-16-10-13(14)9-15-7-6-11-4-2-3-5-12(11)8-15/h2-5,13H,6-10,14H2,1H3. The van der Waals surface area contributed by atoms with Crippen LogP contribution in [0.15, 0.2) is 24.3 Å². The SMILES string of the molecule is COCC(N)CN1CCc2ccccc2C1. The number of hydrogen-bond acceptors (Lipinski definition) is 3. The van der Waals surface area contributed by atoms with Crippen LogP contribution in [0.25, 0.3) is 0 Å². The minimum Gasteiger partial charge on any atom is -0.383 e. The van der Waals surface area contributed by atoms with Gasteiger partial charge in [-0.1, -0.05) is 24.3 Å². The Bertz CT molecular complexity index is 340. The van der Waals surface area contributed by atoms with Crippen molar-refractivity contribution in [3.05, 3.63) is 35.4 Å². The predicted molar refractivity (Wildman–Crippen MR) is 65.3 cm³/mol. The lowest BCUT2D eigenvalue weighted by molar-refractivity contribution is 0.148. The topological polar surface area (TPSA) is 38.5 Å². The quantitative estimate of drug-likeness (QED) is 0.823. The zero-order valence-corrected chi connectivity index (χ0v) is 9.86. The molecule has 0 saturated carbocycles. The molecule has 0 bridgehead atoms. The molecular formula is C13H20N2O. The van der Waals surface area contributed by atoms with E-state index >= 15 is 0 Å². The number of benzene rings is 1. The third kappa shape index (κ3) is 2.82. The number of nitrogens with zero attached hydrogens (tertiary/aromatic N) is 1. The Kier molecular flexibility index (Phi) is 3.93. The summed E-state index contributed by atoms with van der Waals surface area (Å²) in [6, 6.07) is 8.78. The molecule has 1 aromatic rings. The first-order valence-electron chi connectivity index (χ1n) is 5.83. The number of ether oxygens (including phenoxy) is 1. The second-order valence-corrected chi connectivity index (χ2v) is 4.47. The van der Waals surface area contributed by atoms with Crippen molar-refractivity contribution >= 4 is 0 Å². The highest BCUT2D eigenvalue weighted by Crippen LogP contribution is 2.18. The summed E-state index contributed by atoms with van der Waals surface area (Å²) < 4.78 is 5.06. The highest BCUT2D eigenvalue weighted by molar-refractivity contribution is 5.29. The summed E-state index contributed by atoms with van der Waals surface area (Å²) in [6.45, 7) is 3.68. The Morgan fingerprint density at radius 1 is 1.38 bits per heavy atom. The van der Waals surface area contributed by atoms with Gasteiger partial charge in [-0.05, 0) is 17.5 Å². The summed E-state index contributed by atoms with van der Waals surface area (Å²) in [6.07, 6.45) is 1.13. The largest absolute Gasteiger partial charge is 0.383 e. The van der Waals surface area contributed by atoms with Gasteiger partial charge in [0.1, 0.15) is 0 Å². The van der Waals surface area contributed by atoms with Gasteiger partial charge in [0.25, 0.3) is 0 Å². The van der Waals surface area contributed by atoms with Crippen molar-refractivity contribution < 1.29 is 4.74 Å². The van der Waals surface area contributed by atoms with Gasteiger partial charge in [-0.15, -0.1) is 0 Å². The van der Waals surface area contributed by atoms with Gasteiger partial charge in [0, 0.05) is 32.8 Å². The Morgan fingerprint density at radius 2 is 2.12 bits per heavy atom. The second kappa shape index (κ2) is 5.43. The van der Waals surface area contributed by atoms with E-state index in [-0.39, 0.29) is 6.04 Å². The fraction of sp³-hybridized carbons (Fsp3) is 0.538. The number of fused-ring (bicyclic) bond motifs is 1. The van der Waals surface area contributed by atoms with Gasteiger partial charge in [-0.25, -0.2) is 0 Å². The number of rotatable bonds is 4. The van der Waals surface area contributed by atoms with Gasteiger partial charge in [0.15, 0.2) is 0 Å². The van der Waals surface area contributed by atoms with E-state index in [4.69, 9.17) is 10.5 Å². The molecule has 0 saturated heterocycles. The average molecular weight is 220 g/mol. The molecule has 1 unspecified atom stereocenters. The first-order chi connectivity index (χ1) is 7.79. The molecule has 0 spiro atoms. The lowest BCUT2D eigenvalue weighted by Crippen LogP contribution is -2.42. The summed E-state index contributed by atoms with van der Waals surface area (Å²) in [5.41, 5.74) is 8.90. The van der Waals surface area contributed by atoms with Crippen LogP contribution in [0.1, 0.15) is 11.1 Å². The molecule has 0 amide bonds. The summed E-state index contributed by atoms with van der Waals surface area (Å²) >= 11 is 0. The Hall–Kier alpha value is -0.900. The molecule has 3 nitrogen and oxygen atoms in total. The molecule has 1 aliphatic rings. The summed E-state index contributed by atoms with van der Waals surface area (Å²) in [7, 11) is 1.70. The van der Waals surface area contributed by atoms with Gasteiger partial charge in [-0.2, -0.15) is 0 Å². The molecule has 88 valence electrons.